The molecular formula is C18H23N3S. The molecule has 0 saturated carbocycles. The van der Waals surface area contributed by atoms with Crippen molar-refractivity contribution in [2.24, 2.45) is 0 Å². The first kappa shape index (κ1) is 16.4. The summed E-state index contributed by atoms with van der Waals surface area (Å²) in [5.41, 5.74) is 6.08. The molecule has 2 aromatic rings. The summed E-state index contributed by atoms with van der Waals surface area (Å²) >= 11 is 5.59. The zero-order valence-corrected chi connectivity index (χ0v) is 14.5. The van der Waals surface area contributed by atoms with Crippen molar-refractivity contribution in [1.82, 2.24) is 9.88 Å². The predicted molar refractivity (Wildman–Crippen MR) is 97.2 cm³/mol. The van der Waals surface area contributed by atoms with Crippen LogP contribution in [0.15, 0.2) is 36.7 Å². The van der Waals surface area contributed by atoms with E-state index in [4.69, 9.17) is 12.2 Å². The molecule has 3 nitrogen and oxygen atoms in total. The van der Waals surface area contributed by atoms with Crippen molar-refractivity contribution in [2.45, 2.75) is 34.2 Å². The standard InChI is InChI=1S/C18H23N3S/c1-5-21(12-16-6-8-19-9-7-16)18(22)20-17-11-14(3)13(2)10-15(17)4/h6-11H,5,12H2,1-4H3,(H,20,22). The van der Waals surface area contributed by atoms with Crippen LogP contribution in [-0.2, 0) is 6.54 Å². The highest BCUT2D eigenvalue weighted by molar-refractivity contribution is 7.80. The summed E-state index contributed by atoms with van der Waals surface area (Å²) in [5, 5.41) is 4.15. The molecular weight excluding hydrogens is 290 g/mol. The minimum Gasteiger partial charge on any atom is -0.345 e. The van der Waals surface area contributed by atoms with Crippen LogP contribution in [0.1, 0.15) is 29.2 Å². The molecule has 1 aromatic carbocycles. The number of anilines is 1. The Morgan fingerprint density at radius 2 is 1.73 bits per heavy atom. The lowest BCUT2D eigenvalue weighted by atomic mass is 10.1. The monoisotopic (exact) mass is 313 g/mol. The Hall–Kier alpha value is -1.94. The second-order valence-corrected chi connectivity index (χ2v) is 5.94. The fourth-order valence-electron chi connectivity index (χ4n) is 2.33. The average molecular weight is 313 g/mol. The number of pyridine rings is 1. The third-order valence-electron chi connectivity index (χ3n) is 3.87. The molecule has 0 atom stereocenters. The number of hydrogen-bond donors (Lipinski definition) is 1. The molecule has 0 aliphatic rings. The van der Waals surface area contributed by atoms with E-state index in [1.807, 2.05) is 24.5 Å². The first-order valence-corrected chi connectivity index (χ1v) is 7.94. The maximum Gasteiger partial charge on any atom is 0.173 e. The van der Waals surface area contributed by atoms with E-state index in [0.717, 1.165) is 23.9 Å². The van der Waals surface area contributed by atoms with Crippen molar-refractivity contribution in [1.29, 1.82) is 0 Å². The molecule has 0 fully saturated rings. The molecule has 0 unspecified atom stereocenters. The molecule has 0 bridgehead atoms. The summed E-state index contributed by atoms with van der Waals surface area (Å²) in [5.74, 6) is 0. The molecule has 1 heterocycles. The molecule has 0 aliphatic carbocycles. The lowest BCUT2D eigenvalue weighted by Crippen LogP contribution is -2.34. The van der Waals surface area contributed by atoms with Crippen LogP contribution in [-0.4, -0.2) is 21.5 Å². The van der Waals surface area contributed by atoms with Crippen LogP contribution in [0.4, 0.5) is 5.69 Å². The number of nitrogens with zero attached hydrogens (tertiary/aromatic N) is 2. The molecule has 1 N–H and O–H groups in total. The highest BCUT2D eigenvalue weighted by Gasteiger charge is 2.10. The van der Waals surface area contributed by atoms with Gasteiger partial charge in [0.2, 0.25) is 0 Å². The normalized spacial score (nSPS) is 10.4. The third kappa shape index (κ3) is 4.04. The fourth-order valence-corrected chi connectivity index (χ4v) is 2.63. The summed E-state index contributed by atoms with van der Waals surface area (Å²) in [6, 6.07) is 8.40. The number of hydrogen-bond acceptors (Lipinski definition) is 2. The molecule has 4 heteroatoms. The Morgan fingerprint density at radius 3 is 2.36 bits per heavy atom. The van der Waals surface area contributed by atoms with Crippen LogP contribution in [0.3, 0.4) is 0 Å². The smallest absolute Gasteiger partial charge is 0.173 e. The van der Waals surface area contributed by atoms with Crippen LogP contribution < -0.4 is 5.32 Å². The van der Waals surface area contributed by atoms with Crippen LogP contribution in [0.25, 0.3) is 0 Å². The lowest BCUT2D eigenvalue weighted by molar-refractivity contribution is 0.442. The second-order valence-electron chi connectivity index (χ2n) is 5.55. The van der Waals surface area contributed by atoms with Gasteiger partial charge in [-0.2, -0.15) is 0 Å². The Morgan fingerprint density at radius 1 is 1.09 bits per heavy atom. The van der Waals surface area contributed by atoms with Gasteiger partial charge in [0.25, 0.3) is 0 Å². The zero-order chi connectivity index (χ0) is 16.1. The molecule has 2 rings (SSSR count). The minimum absolute atomic E-state index is 0.755. The molecule has 0 aliphatic heterocycles. The van der Waals surface area contributed by atoms with Gasteiger partial charge in [-0.05, 0) is 80.4 Å². The van der Waals surface area contributed by atoms with E-state index in [1.54, 1.807) is 0 Å². The van der Waals surface area contributed by atoms with Gasteiger partial charge in [-0.15, -0.1) is 0 Å². The van der Waals surface area contributed by atoms with Crippen molar-refractivity contribution >= 4 is 23.0 Å². The van der Waals surface area contributed by atoms with Gasteiger partial charge in [-0.3, -0.25) is 4.98 Å². The van der Waals surface area contributed by atoms with E-state index < -0.39 is 0 Å². The number of benzene rings is 1. The Balaban J connectivity index is 2.11. The van der Waals surface area contributed by atoms with Gasteiger partial charge in [0, 0.05) is 31.2 Å². The highest BCUT2D eigenvalue weighted by atomic mass is 32.1. The van der Waals surface area contributed by atoms with E-state index in [2.05, 4.69) is 55.0 Å². The Labute approximate surface area is 138 Å². The van der Waals surface area contributed by atoms with Crippen LogP contribution >= 0.6 is 12.2 Å². The summed E-state index contributed by atoms with van der Waals surface area (Å²) in [4.78, 5) is 6.21. The first-order chi connectivity index (χ1) is 10.5. The molecule has 22 heavy (non-hydrogen) atoms. The van der Waals surface area contributed by atoms with E-state index in [1.165, 1.54) is 22.3 Å². The number of aryl methyl sites for hydroxylation is 3. The summed E-state index contributed by atoms with van der Waals surface area (Å²) in [7, 11) is 0. The molecule has 0 spiro atoms. The van der Waals surface area contributed by atoms with E-state index in [-0.39, 0.29) is 0 Å². The van der Waals surface area contributed by atoms with Crippen LogP contribution in [0.5, 0.6) is 0 Å². The quantitative estimate of drug-likeness (QED) is 0.855. The Bertz CT molecular complexity index is 653. The minimum atomic E-state index is 0.755. The molecule has 0 saturated heterocycles. The summed E-state index contributed by atoms with van der Waals surface area (Å²) in [6.45, 7) is 10.1. The number of thiocarbonyl (C=S) groups is 1. The van der Waals surface area contributed by atoms with Gasteiger partial charge in [-0.25, -0.2) is 0 Å². The molecule has 116 valence electrons. The van der Waals surface area contributed by atoms with Crippen LogP contribution in [0, 0.1) is 20.8 Å². The van der Waals surface area contributed by atoms with Crippen molar-refractivity contribution in [3.05, 3.63) is 58.9 Å². The largest absolute Gasteiger partial charge is 0.345 e. The second kappa shape index (κ2) is 7.36. The molecule has 1 aromatic heterocycles. The van der Waals surface area contributed by atoms with Gasteiger partial charge in [-0.1, -0.05) is 6.07 Å². The summed E-state index contributed by atoms with van der Waals surface area (Å²) in [6.07, 6.45) is 3.63. The zero-order valence-electron chi connectivity index (χ0n) is 13.7. The van der Waals surface area contributed by atoms with Crippen molar-refractivity contribution in [3.63, 3.8) is 0 Å². The number of aromatic nitrogens is 1. The number of rotatable bonds is 4. The lowest BCUT2D eigenvalue weighted by Gasteiger charge is -2.25. The topological polar surface area (TPSA) is 28.2 Å². The van der Waals surface area contributed by atoms with Gasteiger partial charge in [0.15, 0.2) is 5.11 Å². The van der Waals surface area contributed by atoms with Crippen LogP contribution in [0.2, 0.25) is 0 Å². The van der Waals surface area contributed by atoms with E-state index >= 15 is 0 Å². The predicted octanol–water partition coefficient (Wildman–Crippen LogP) is 4.23. The highest BCUT2D eigenvalue weighted by Crippen LogP contribution is 2.20. The number of nitrogens with one attached hydrogen (secondary N) is 1. The fraction of sp³-hybridized carbons (Fsp3) is 0.333. The SMILES string of the molecule is CCN(Cc1ccncc1)C(=S)Nc1cc(C)c(C)cc1C. The third-order valence-corrected chi connectivity index (χ3v) is 4.23. The maximum atomic E-state index is 5.59. The maximum absolute atomic E-state index is 5.59. The van der Waals surface area contributed by atoms with Gasteiger partial charge >= 0.3 is 0 Å². The van der Waals surface area contributed by atoms with E-state index in [0.29, 0.717) is 0 Å². The average Bonchev–Trinajstić information content (AvgIpc) is 2.51. The van der Waals surface area contributed by atoms with Crippen molar-refractivity contribution in [2.75, 3.05) is 11.9 Å². The van der Waals surface area contributed by atoms with Crippen molar-refractivity contribution in [3.8, 4) is 0 Å². The van der Waals surface area contributed by atoms with Gasteiger partial charge in [0.1, 0.15) is 0 Å². The first-order valence-electron chi connectivity index (χ1n) is 7.54. The van der Waals surface area contributed by atoms with Gasteiger partial charge < -0.3 is 10.2 Å². The van der Waals surface area contributed by atoms with Crippen molar-refractivity contribution < 1.29 is 0 Å². The Kier molecular flexibility index (Phi) is 5.50. The summed E-state index contributed by atoms with van der Waals surface area (Å²) < 4.78 is 0. The molecule has 0 radical (unpaired) electrons. The van der Waals surface area contributed by atoms with Gasteiger partial charge in [0.05, 0.1) is 0 Å². The molecule has 0 amide bonds. The van der Waals surface area contributed by atoms with E-state index in [9.17, 15) is 0 Å².